The molecule has 3 fully saturated rings. The number of hydrogen-bond acceptors (Lipinski definition) is 0. The predicted octanol–water partition coefficient (Wildman–Crippen LogP) is 2.69. The molecule has 3 aliphatic carbocycles. The van der Waals surface area contributed by atoms with E-state index in [1.165, 1.54) is 11.8 Å². The summed E-state index contributed by atoms with van der Waals surface area (Å²) in [5.74, 6) is 4.54. The third-order valence-corrected chi connectivity index (χ3v) is 4.43. The highest BCUT2D eigenvalue weighted by molar-refractivity contribution is 5.30. The molecule has 3 saturated carbocycles. The van der Waals surface area contributed by atoms with Crippen LogP contribution in [0.25, 0.3) is 0 Å². The zero-order chi connectivity index (χ0) is 6.93. The molecule has 1 spiro atoms. The van der Waals surface area contributed by atoms with Gasteiger partial charge < -0.3 is 0 Å². The minimum Gasteiger partial charge on any atom is -0.0625 e. The lowest BCUT2D eigenvalue weighted by Crippen LogP contribution is -2.10. The Kier molecular flexibility index (Phi) is 0.735. The first-order valence-electron chi connectivity index (χ1n) is 4.76. The first kappa shape index (κ1) is 5.62. The molecule has 0 nitrogen and oxygen atoms in total. The summed E-state index contributed by atoms with van der Waals surface area (Å²) in [4.78, 5) is 0. The highest BCUT2D eigenvalue weighted by Crippen LogP contribution is 2.88. The van der Waals surface area contributed by atoms with Crippen LogP contribution in [0.2, 0.25) is 0 Å². The van der Waals surface area contributed by atoms with Crippen LogP contribution in [-0.2, 0) is 0 Å². The average Bonchev–Trinajstić information content (AvgIpc) is 2.64. The smallest absolute Gasteiger partial charge is 0.0229 e. The second-order valence-electron chi connectivity index (χ2n) is 5.02. The molecular formula is C10H16. The quantitative estimate of drug-likeness (QED) is 0.520. The van der Waals surface area contributed by atoms with E-state index in [0.717, 1.165) is 17.3 Å². The fourth-order valence-electron chi connectivity index (χ4n) is 3.61. The monoisotopic (exact) mass is 136 g/mol. The minimum absolute atomic E-state index is 0.970. The number of rotatable bonds is 1. The van der Waals surface area contributed by atoms with Crippen molar-refractivity contribution in [2.45, 2.75) is 33.1 Å². The Morgan fingerprint density at radius 1 is 1.40 bits per heavy atom. The first-order chi connectivity index (χ1) is 4.76. The maximum Gasteiger partial charge on any atom is -0.0229 e. The van der Waals surface area contributed by atoms with Crippen molar-refractivity contribution >= 4 is 0 Å². The van der Waals surface area contributed by atoms with E-state index in [1.54, 1.807) is 19.3 Å². The van der Waals surface area contributed by atoms with Crippen LogP contribution < -0.4 is 0 Å². The zero-order valence-corrected chi connectivity index (χ0v) is 6.93. The Morgan fingerprint density at radius 2 is 2.20 bits per heavy atom. The minimum atomic E-state index is 0.970. The van der Waals surface area contributed by atoms with Crippen LogP contribution in [-0.4, -0.2) is 0 Å². The highest BCUT2D eigenvalue weighted by Gasteiger charge is 2.81. The van der Waals surface area contributed by atoms with Crippen LogP contribution in [0.1, 0.15) is 33.1 Å². The van der Waals surface area contributed by atoms with Crippen molar-refractivity contribution in [3.8, 4) is 0 Å². The third-order valence-electron chi connectivity index (χ3n) is 4.43. The van der Waals surface area contributed by atoms with Gasteiger partial charge in [-0.15, -0.1) is 0 Å². The van der Waals surface area contributed by atoms with Crippen LogP contribution in [0, 0.1) is 29.1 Å². The summed E-state index contributed by atoms with van der Waals surface area (Å²) in [6.45, 7) is 4.81. The molecule has 3 rings (SSSR count). The maximum absolute atomic E-state index is 2.40. The van der Waals surface area contributed by atoms with Crippen LogP contribution >= 0.6 is 0 Å². The van der Waals surface area contributed by atoms with Gasteiger partial charge in [-0.1, -0.05) is 13.8 Å². The fourth-order valence-corrected chi connectivity index (χ4v) is 3.61. The van der Waals surface area contributed by atoms with Crippen molar-refractivity contribution in [1.82, 2.24) is 0 Å². The largest absolute Gasteiger partial charge is 0.0625 e. The second-order valence-corrected chi connectivity index (χ2v) is 5.02. The van der Waals surface area contributed by atoms with Gasteiger partial charge in [0.05, 0.1) is 0 Å². The van der Waals surface area contributed by atoms with E-state index in [1.807, 2.05) is 0 Å². The van der Waals surface area contributed by atoms with Gasteiger partial charge in [-0.05, 0) is 48.3 Å². The Balaban J connectivity index is 1.81. The van der Waals surface area contributed by atoms with E-state index >= 15 is 0 Å². The Morgan fingerprint density at radius 3 is 2.50 bits per heavy atom. The molecule has 0 radical (unpaired) electrons. The number of fused-ring (bicyclic) bond motifs is 1. The molecule has 10 heavy (non-hydrogen) atoms. The number of hydrogen-bond donors (Lipinski definition) is 0. The zero-order valence-electron chi connectivity index (χ0n) is 6.93. The van der Waals surface area contributed by atoms with Gasteiger partial charge >= 0.3 is 0 Å². The molecule has 0 aromatic carbocycles. The van der Waals surface area contributed by atoms with Crippen molar-refractivity contribution in [2.75, 3.05) is 0 Å². The summed E-state index contributed by atoms with van der Waals surface area (Å²) >= 11 is 0. The topological polar surface area (TPSA) is 0 Å². The summed E-state index contributed by atoms with van der Waals surface area (Å²) in [5, 5.41) is 0. The summed E-state index contributed by atoms with van der Waals surface area (Å²) in [6, 6.07) is 0. The van der Waals surface area contributed by atoms with Crippen molar-refractivity contribution in [3.63, 3.8) is 0 Å². The van der Waals surface area contributed by atoms with Crippen LogP contribution in [0.3, 0.4) is 0 Å². The lowest BCUT2D eigenvalue weighted by Gasteiger charge is -2.17. The van der Waals surface area contributed by atoms with Crippen molar-refractivity contribution in [2.24, 2.45) is 29.1 Å². The molecule has 3 aliphatic rings. The van der Waals surface area contributed by atoms with Crippen LogP contribution in [0.15, 0.2) is 0 Å². The molecule has 0 saturated heterocycles. The summed E-state index contributed by atoms with van der Waals surface area (Å²) in [6.07, 6.45) is 4.75. The molecule has 0 amide bonds. The molecule has 4 atom stereocenters. The van der Waals surface area contributed by atoms with E-state index in [0.29, 0.717) is 0 Å². The highest BCUT2D eigenvalue weighted by atomic mass is 14.9. The lowest BCUT2D eigenvalue weighted by atomic mass is 9.88. The van der Waals surface area contributed by atoms with Gasteiger partial charge in [-0.3, -0.25) is 0 Å². The van der Waals surface area contributed by atoms with Crippen LogP contribution in [0.5, 0.6) is 0 Å². The fraction of sp³-hybridized carbons (Fsp3) is 1.00. The molecule has 0 heterocycles. The van der Waals surface area contributed by atoms with Gasteiger partial charge in [0.1, 0.15) is 0 Å². The molecule has 0 aromatic rings. The van der Waals surface area contributed by atoms with Crippen molar-refractivity contribution < 1.29 is 0 Å². The van der Waals surface area contributed by atoms with E-state index in [-0.39, 0.29) is 0 Å². The molecule has 0 heteroatoms. The molecule has 4 unspecified atom stereocenters. The molecule has 0 bridgehead atoms. The van der Waals surface area contributed by atoms with Gasteiger partial charge in [0.15, 0.2) is 0 Å². The normalized spacial score (nSPS) is 62.1. The van der Waals surface area contributed by atoms with Gasteiger partial charge in [0, 0.05) is 0 Å². The summed E-state index contributed by atoms with van der Waals surface area (Å²) in [5.41, 5.74) is 0.981. The molecule has 0 N–H and O–H groups in total. The standard InChI is InChI=1S/C10H16/c1-6(2)7-3-4-10-5-8(10)9(7)10/h6-9H,3-5H2,1-2H3. The summed E-state index contributed by atoms with van der Waals surface area (Å²) in [7, 11) is 0. The molecule has 0 aliphatic heterocycles. The van der Waals surface area contributed by atoms with E-state index in [4.69, 9.17) is 0 Å². The van der Waals surface area contributed by atoms with Gasteiger partial charge in [-0.2, -0.15) is 0 Å². The van der Waals surface area contributed by atoms with Gasteiger partial charge in [0.25, 0.3) is 0 Å². The van der Waals surface area contributed by atoms with Crippen molar-refractivity contribution in [3.05, 3.63) is 0 Å². The third kappa shape index (κ3) is 0.408. The maximum atomic E-state index is 2.40. The summed E-state index contributed by atoms with van der Waals surface area (Å²) < 4.78 is 0. The van der Waals surface area contributed by atoms with E-state index in [2.05, 4.69) is 13.8 Å². The van der Waals surface area contributed by atoms with Crippen LogP contribution in [0.4, 0.5) is 0 Å². The Labute approximate surface area is 63.0 Å². The SMILES string of the molecule is CC(C)C1CCC23CC2C13. The van der Waals surface area contributed by atoms with Gasteiger partial charge in [-0.25, -0.2) is 0 Å². The molecule has 56 valence electrons. The van der Waals surface area contributed by atoms with E-state index in [9.17, 15) is 0 Å². The molecule has 0 aromatic heterocycles. The predicted molar refractivity (Wildman–Crippen MR) is 41.6 cm³/mol. The lowest BCUT2D eigenvalue weighted by molar-refractivity contribution is 0.315. The average molecular weight is 136 g/mol. The molecular weight excluding hydrogens is 120 g/mol. The van der Waals surface area contributed by atoms with E-state index < -0.39 is 0 Å². The Bertz CT molecular complexity index is 182. The van der Waals surface area contributed by atoms with Crippen molar-refractivity contribution in [1.29, 1.82) is 0 Å². The Hall–Kier alpha value is 0. The van der Waals surface area contributed by atoms with Gasteiger partial charge in [0.2, 0.25) is 0 Å². The second kappa shape index (κ2) is 1.31. The first-order valence-corrected chi connectivity index (χ1v) is 4.76.